The molecule has 1 aromatic heterocycles. The third kappa shape index (κ3) is 3.22. The van der Waals surface area contributed by atoms with E-state index < -0.39 is 17.0 Å². The molecule has 110 valence electrons. The van der Waals surface area contributed by atoms with E-state index in [9.17, 15) is 14.9 Å². The van der Waals surface area contributed by atoms with Crippen LogP contribution in [0.15, 0.2) is 39.2 Å². The summed E-state index contributed by atoms with van der Waals surface area (Å²) in [4.78, 5) is 21.2. The standard InChI is InChI=1S/C13H10BrNO6/c1-7(10-5-6-11(21-10)13(16)17)20-12-8(14)3-2-4-9(12)15(18)19/h2-7H,1H3,(H,16,17). The monoisotopic (exact) mass is 355 g/mol. The summed E-state index contributed by atoms with van der Waals surface area (Å²) in [6, 6.07) is 7.20. The second-order valence-electron chi connectivity index (χ2n) is 4.11. The van der Waals surface area contributed by atoms with Crippen molar-refractivity contribution in [3.63, 3.8) is 0 Å². The van der Waals surface area contributed by atoms with Gasteiger partial charge in [-0.25, -0.2) is 4.79 Å². The summed E-state index contributed by atoms with van der Waals surface area (Å²) < 4.78 is 11.1. The molecule has 0 fully saturated rings. The highest BCUT2D eigenvalue weighted by atomic mass is 79.9. The lowest BCUT2D eigenvalue weighted by Gasteiger charge is -2.13. The number of nitro benzene ring substituents is 1. The first-order chi connectivity index (χ1) is 9.90. The molecular formula is C13H10BrNO6. The van der Waals surface area contributed by atoms with Crippen LogP contribution in [-0.4, -0.2) is 16.0 Å². The Bertz CT molecular complexity index is 696. The van der Waals surface area contributed by atoms with E-state index in [2.05, 4.69) is 15.9 Å². The molecule has 1 aromatic carbocycles. The van der Waals surface area contributed by atoms with Gasteiger partial charge in [0.1, 0.15) is 5.76 Å². The first-order valence-electron chi connectivity index (χ1n) is 5.82. The molecule has 0 amide bonds. The number of nitrogens with zero attached hydrogens (tertiary/aromatic N) is 1. The smallest absolute Gasteiger partial charge is 0.371 e. The second-order valence-corrected chi connectivity index (χ2v) is 4.97. The van der Waals surface area contributed by atoms with Gasteiger partial charge in [-0.2, -0.15) is 0 Å². The van der Waals surface area contributed by atoms with Crippen molar-refractivity contribution in [2.75, 3.05) is 0 Å². The number of carboxylic acid groups (broad SMARTS) is 1. The number of nitro groups is 1. The maximum absolute atomic E-state index is 11.0. The van der Waals surface area contributed by atoms with Gasteiger partial charge < -0.3 is 14.3 Å². The molecule has 1 heterocycles. The second kappa shape index (κ2) is 5.96. The molecule has 0 aliphatic rings. The predicted octanol–water partition coefficient (Wildman–Crippen LogP) is 3.79. The highest BCUT2D eigenvalue weighted by Gasteiger charge is 2.22. The molecule has 1 unspecified atom stereocenters. The third-order valence-electron chi connectivity index (χ3n) is 2.68. The maximum Gasteiger partial charge on any atom is 0.371 e. The summed E-state index contributed by atoms with van der Waals surface area (Å²) >= 11 is 3.19. The van der Waals surface area contributed by atoms with Gasteiger partial charge in [-0.3, -0.25) is 10.1 Å². The average molecular weight is 356 g/mol. The lowest BCUT2D eigenvalue weighted by molar-refractivity contribution is -0.386. The molecule has 0 aliphatic carbocycles. The van der Waals surface area contributed by atoms with Gasteiger partial charge in [-0.05, 0) is 41.1 Å². The number of carbonyl (C=O) groups is 1. The molecule has 7 nitrogen and oxygen atoms in total. The van der Waals surface area contributed by atoms with Crippen LogP contribution in [0.3, 0.4) is 0 Å². The Morgan fingerprint density at radius 3 is 2.71 bits per heavy atom. The first kappa shape index (κ1) is 15.0. The number of ether oxygens (including phenoxy) is 1. The number of hydrogen-bond acceptors (Lipinski definition) is 5. The van der Waals surface area contributed by atoms with Crippen molar-refractivity contribution >= 4 is 27.6 Å². The predicted molar refractivity (Wildman–Crippen MR) is 75.5 cm³/mol. The summed E-state index contributed by atoms with van der Waals surface area (Å²) in [5, 5.41) is 19.8. The van der Waals surface area contributed by atoms with E-state index in [1.54, 1.807) is 13.0 Å². The van der Waals surface area contributed by atoms with Crippen LogP contribution in [0.5, 0.6) is 5.75 Å². The van der Waals surface area contributed by atoms with Crippen molar-refractivity contribution in [2.24, 2.45) is 0 Å². The maximum atomic E-state index is 11.0. The van der Waals surface area contributed by atoms with E-state index in [0.717, 1.165) is 0 Å². The Morgan fingerprint density at radius 2 is 2.14 bits per heavy atom. The summed E-state index contributed by atoms with van der Waals surface area (Å²) in [7, 11) is 0. The van der Waals surface area contributed by atoms with Gasteiger partial charge in [0.25, 0.3) is 0 Å². The minimum atomic E-state index is -1.19. The third-order valence-corrected chi connectivity index (χ3v) is 3.30. The zero-order valence-corrected chi connectivity index (χ0v) is 12.4. The average Bonchev–Trinajstić information content (AvgIpc) is 2.90. The van der Waals surface area contributed by atoms with Gasteiger partial charge in [-0.1, -0.05) is 6.07 Å². The summed E-state index contributed by atoms with van der Waals surface area (Å²) in [6.07, 6.45) is -0.685. The largest absolute Gasteiger partial charge is 0.475 e. The van der Waals surface area contributed by atoms with Crippen LogP contribution in [0.2, 0.25) is 0 Å². The minimum absolute atomic E-state index is 0.0586. The fraction of sp³-hybridized carbons (Fsp3) is 0.154. The van der Waals surface area contributed by atoms with Gasteiger partial charge in [0.2, 0.25) is 11.5 Å². The Kier molecular flexibility index (Phi) is 4.27. The highest BCUT2D eigenvalue weighted by Crippen LogP contribution is 2.37. The number of para-hydroxylation sites is 1. The van der Waals surface area contributed by atoms with E-state index in [1.165, 1.54) is 24.3 Å². The molecule has 0 bridgehead atoms. The normalized spacial score (nSPS) is 11.9. The van der Waals surface area contributed by atoms with Gasteiger partial charge in [0.15, 0.2) is 6.10 Å². The Hall–Kier alpha value is -2.35. The molecule has 0 aliphatic heterocycles. The highest BCUT2D eigenvalue weighted by molar-refractivity contribution is 9.10. The number of furan rings is 1. The van der Waals surface area contributed by atoms with Crippen LogP contribution in [0.1, 0.15) is 29.3 Å². The van der Waals surface area contributed by atoms with Crippen molar-refractivity contribution in [2.45, 2.75) is 13.0 Å². The number of halogens is 1. The van der Waals surface area contributed by atoms with E-state index in [1.807, 2.05) is 0 Å². The molecule has 0 saturated heterocycles. The quantitative estimate of drug-likeness (QED) is 0.646. The lowest BCUT2D eigenvalue weighted by Crippen LogP contribution is -2.05. The van der Waals surface area contributed by atoms with Crippen molar-refractivity contribution in [3.05, 3.63) is 56.4 Å². The molecule has 8 heteroatoms. The Labute approximate surface area is 127 Å². The zero-order valence-electron chi connectivity index (χ0n) is 10.8. The van der Waals surface area contributed by atoms with E-state index >= 15 is 0 Å². The Balaban J connectivity index is 2.28. The minimum Gasteiger partial charge on any atom is -0.475 e. The van der Waals surface area contributed by atoms with Gasteiger partial charge in [-0.15, -0.1) is 0 Å². The van der Waals surface area contributed by atoms with Gasteiger partial charge in [0.05, 0.1) is 9.40 Å². The first-order valence-corrected chi connectivity index (χ1v) is 6.62. The fourth-order valence-electron chi connectivity index (χ4n) is 1.68. The Morgan fingerprint density at radius 1 is 1.43 bits per heavy atom. The van der Waals surface area contributed by atoms with Crippen LogP contribution in [0, 0.1) is 10.1 Å². The molecule has 0 spiro atoms. The van der Waals surface area contributed by atoms with Crippen LogP contribution in [0.4, 0.5) is 5.69 Å². The van der Waals surface area contributed by atoms with Crippen molar-refractivity contribution in [1.29, 1.82) is 0 Å². The summed E-state index contributed by atoms with van der Waals surface area (Å²) in [5.41, 5.74) is -0.193. The van der Waals surface area contributed by atoms with Gasteiger partial charge in [0, 0.05) is 6.07 Å². The van der Waals surface area contributed by atoms with Crippen LogP contribution in [0.25, 0.3) is 0 Å². The SMILES string of the molecule is CC(Oc1c(Br)cccc1[N+](=O)[O-])c1ccc(C(=O)O)o1. The molecule has 2 rings (SSSR count). The van der Waals surface area contributed by atoms with Crippen molar-refractivity contribution < 1.29 is 24.0 Å². The molecule has 0 saturated carbocycles. The van der Waals surface area contributed by atoms with Crippen LogP contribution < -0.4 is 4.74 Å². The molecule has 2 aromatic rings. The number of hydrogen-bond donors (Lipinski definition) is 1. The van der Waals surface area contributed by atoms with Crippen LogP contribution >= 0.6 is 15.9 Å². The zero-order chi connectivity index (χ0) is 15.6. The fourth-order valence-corrected chi connectivity index (χ4v) is 2.13. The summed E-state index contributed by atoms with van der Waals surface area (Å²) in [5.74, 6) is -1.09. The lowest BCUT2D eigenvalue weighted by atomic mass is 10.2. The van der Waals surface area contributed by atoms with Gasteiger partial charge >= 0.3 is 11.7 Å². The van der Waals surface area contributed by atoms with Crippen LogP contribution in [-0.2, 0) is 0 Å². The molecule has 21 heavy (non-hydrogen) atoms. The molecular weight excluding hydrogens is 346 g/mol. The summed E-state index contributed by atoms with van der Waals surface area (Å²) in [6.45, 7) is 1.60. The van der Waals surface area contributed by atoms with E-state index in [-0.39, 0.29) is 23.0 Å². The number of aromatic carboxylic acids is 1. The number of carboxylic acids is 1. The van der Waals surface area contributed by atoms with E-state index in [0.29, 0.717) is 4.47 Å². The number of rotatable bonds is 5. The topological polar surface area (TPSA) is 103 Å². The van der Waals surface area contributed by atoms with E-state index in [4.69, 9.17) is 14.3 Å². The molecule has 0 radical (unpaired) electrons. The molecule has 1 atom stereocenters. The van der Waals surface area contributed by atoms with Crippen molar-refractivity contribution in [1.82, 2.24) is 0 Å². The van der Waals surface area contributed by atoms with Crippen molar-refractivity contribution in [3.8, 4) is 5.75 Å². The number of benzene rings is 1. The molecule has 1 N–H and O–H groups in total.